The van der Waals surface area contributed by atoms with E-state index >= 15 is 0 Å². The standard InChI is InChI=1S/C16H17F3N2OS/c1-10(2)14-20-13(9-23-14)15(22)21(3)8-11-5-4-6-12(7-11)16(17,18)19/h4-7,9-10H,8H2,1-3H3. The number of aromatic nitrogens is 1. The largest absolute Gasteiger partial charge is 0.416 e. The highest BCUT2D eigenvalue weighted by atomic mass is 32.1. The van der Waals surface area contributed by atoms with Gasteiger partial charge in [-0.2, -0.15) is 13.2 Å². The summed E-state index contributed by atoms with van der Waals surface area (Å²) >= 11 is 1.41. The van der Waals surface area contributed by atoms with Gasteiger partial charge in [0.15, 0.2) is 0 Å². The van der Waals surface area contributed by atoms with Crippen LogP contribution >= 0.6 is 11.3 Å². The molecular formula is C16H17F3N2OS. The molecule has 2 aromatic rings. The molecule has 124 valence electrons. The molecular weight excluding hydrogens is 325 g/mol. The number of thiazole rings is 1. The molecule has 0 spiro atoms. The van der Waals surface area contributed by atoms with Crippen LogP contribution < -0.4 is 0 Å². The summed E-state index contributed by atoms with van der Waals surface area (Å²) in [5.41, 5.74) is 0.0368. The molecule has 1 heterocycles. The lowest BCUT2D eigenvalue weighted by molar-refractivity contribution is -0.137. The minimum atomic E-state index is -4.39. The SMILES string of the molecule is CC(C)c1nc(C(=O)N(C)Cc2cccc(C(F)(F)F)c2)cs1. The monoisotopic (exact) mass is 342 g/mol. The van der Waals surface area contributed by atoms with Crippen LogP contribution in [0.2, 0.25) is 0 Å². The van der Waals surface area contributed by atoms with Crippen LogP contribution in [0.15, 0.2) is 29.6 Å². The number of hydrogen-bond acceptors (Lipinski definition) is 3. The Labute approximate surface area is 136 Å². The van der Waals surface area contributed by atoms with Gasteiger partial charge in [0, 0.05) is 24.9 Å². The van der Waals surface area contributed by atoms with Crippen molar-refractivity contribution < 1.29 is 18.0 Å². The van der Waals surface area contributed by atoms with Crippen LogP contribution in [0, 0.1) is 0 Å². The van der Waals surface area contributed by atoms with Gasteiger partial charge in [0.2, 0.25) is 0 Å². The Morgan fingerprint density at radius 1 is 1.35 bits per heavy atom. The first-order valence-electron chi connectivity index (χ1n) is 7.05. The second-order valence-corrected chi connectivity index (χ2v) is 6.47. The van der Waals surface area contributed by atoms with Gasteiger partial charge < -0.3 is 4.90 Å². The zero-order valence-corrected chi connectivity index (χ0v) is 13.8. The molecule has 3 nitrogen and oxygen atoms in total. The van der Waals surface area contributed by atoms with E-state index in [1.807, 2.05) is 13.8 Å². The highest BCUT2D eigenvalue weighted by Crippen LogP contribution is 2.29. The Bertz CT molecular complexity index is 695. The Balaban J connectivity index is 2.12. The summed E-state index contributed by atoms with van der Waals surface area (Å²) in [4.78, 5) is 18.0. The zero-order valence-electron chi connectivity index (χ0n) is 13.0. The van der Waals surface area contributed by atoms with E-state index in [1.165, 1.54) is 22.3 Å². The molecule has 0 saturated carbocycles. The Hall–Kier alpha value is -1.89. The van der Waals surface area contributed by atoms with Gasteiger partial charge in [-0.3, -0.25) is 4.79 Å². The molecule has 1 amide bonds. The van der Waals surface area contributed by atoms with Crippen molar-refractivity contribution in [2.24, 2.45) is 0 Å². The maximum absolute atomic E-state index is 12.7. The van der Waals surface area contributed by atoms with Crippen molar-refractivity contribution in [2.75, 3.05) is 7.05 Å². The van der Waals surface area contributed by atoms with Gasteiger partial charge in [-0.05, 0) is 17.7 Å². The number of alkyl halides is 3. The number of halogens is 3. The summed E-state index contributed by atoms with van der Waals surface area (Å²) in [7, 11) is 1.55. The highest BCUT2D eigenvalue weighted by Gasteiger charge is 2.30. The van der Waals surface area contributed by atoms with Crippen molar-refractivity contribution in [3.63, 3.8) is 0 Å². The van der Waals surface area contributed by atoms with E-state index in [-0.39, 0.29) is 18.4 Å². The smallest absolute Gasteiger partial charge is 0.336 e. The lowest BCUT2D eigenvalue weighted by Crippen LogP contribution is -2.26. The van der Waals surface area contributed by atoms with Crippen LogP contribution in [-0.2, 0) is 12.7 Å². The number of amides is 1. The van der Waals surface area contributed by atoms with Gasteiger partial charge >= 0.3 is 6.18 Å². The average Bonchev–Trinajstić information content (AvgIpc) is 2.95. The van der Waals surface area contributed by atoms with E-state index < -0.39 is 11.7 Å². The zero-order chi connectivity index (χ0) is 17.2. The van der Waals surface area contributed by atoms with Gasteiger partial charge in [0.25, 0.3) is 5.91 Å². The van der Waals surface area contributed by atoms with Crippen molar-refractivity contribution in [2.45, 2.75) is 32.5 Å². The first-order valence-corrected chi connectivity index (χ1v) is 7.93. The molecule has 7 heteroatoms. The third-order valence-electron chi connectivity index (χ3n) is 3.26. The molecule has 0 aliphatic carbocycles. The van der Waals surface area contributed by atoms with Crippen molar-refractivity contribution >= 4 is 17.2 Å². The molecule has 23 heavy (non-hydrogen) atoms. The summed E-state index contributed by atoms with van der Waals surface area (Å²) in [5, 5.41) is 2.54. The molecule has 0 radical (unpaired) electrons. The van der Waals surface area contributed by atoms with Crippen molar-refractivity contribution in [3.05, 3.63) is 51.5 Å². The second kappa shape index (κ2) is 6.70. The van der Waals surface area contributed by atoms with Crippen LogP contribution in [-0.4, -0.2) is 22.8 Å². The third kappa shape index (κ3) is 4.31. The van der Waals surface area contributed by atoms with Crippen LogP contribution in [0.3, 0.4) is 0 Å². The predicted octanol–water partition coefficient (Wildman–Crippen LogP) is 4.56. The topological polar surface area (TPSA) is 33.2 Å². The molecule has 0 saturated heterocycles. The summed E-state index contributed by atoms with van der Waals surface area (Å²) in [6.45, 7) is 4.07. The van der Waals surface area contributed by atoms with Crippen molar-refractivity contribution in [3.8, 4) is 0 Å². The number of rotatable bonds is 4. The normalized spacial score (nSPS) is 11.8. The van der Waals surface area contributed by atoms with E-state index in [1.54, 1.807) is 18.5 Å². The lowest BCUT2D eigenvalue weighted by Gasteiger charge is -2.17. The van der Waals surface area contributed by atoms with Gasteiger partial charge in [-0.25, -0.2) is 4.98 Å². The maximum Gasteiger partial charge on any atom is 0.416 e. The highest BCUT2D eigenvalue weighted by molar-refractivity contribution is 7.09. The van der Waals surface area contributed by atoms with Gasteiger partial charge in [-0.1, -0.05) is 26.0 Å². The van der Waals surface area contributed by atoms with E-state index in [0.29, 0.717) is 11.3 Å². The molecule has 1 aromatic heterocycles. The van der Waals surface area contributed by atoms with Crippen LogP contribution in [0.5, 0.6) is 0 Å². The summed E-state index contributed by atoms with van der Waals surface area (Å²) < 4.78 is 38.2. The molecule has 0 unspecified atom stereocenters. The molecule has 0 aliphatic heterocycles. The van der Waals surface area contributed by atoms with Gasteiger partial charge in [-0.15, -0.1) is 11.3 Å². The fourth-order valence-electron chi connectivity index (χ4n) is 2.04. The number of nitrogens with zero attached hydrogens (tertiary/aromatic N) is 2. The van der Waals surface area contributed by atoms with Gasteiger partial charge in [0.05, 0.1) is 10.6 Å². The number of carbonyl (C=O) groups is 1. The Morgan fingerprint density at radius 2 is 2.04 bits per heavy atom. The van der Waals surface area contributed by atoms with Crippen LogP contribution in [0.25, 0.3) is 0 Å². The first-order chi connectivity index (χ1) is 10.7. The minimum absolute atomic E-state index is 0.0945. The molecule has 0 N–H and O–H groups in total. The number of hydrogen-bond donors (Lipinski definition) is 0. The number of carbonyl (C=O) groups excluding carboxylic acids is 1. The average molecular weight is 342 g/mol. The third-order valence-corrected chi connectivity index (χ3v) is 4.40. The van der Waals surface area contributed by atoms with Crippen LogP contribution in [0.1, 0.15) is 46.4 Å². The Morgan fingerprint density at radius 3 is 2.61 bits per heavy atom. The first kappa shape index (κ1) is 17.5. The molecule has 1 aromatic carbocycles. The van der Waals surface area contributed by atoms with E-state index in [9.17, 15) is 18.0 Å². The van der Waals surface area contributed by atoms with Gasteiger partial charge in [0.1, 0.15) is 5.69 Å². The molecule has 0 atom stereocenters. The predicted molar refractivity (Wildman–Crippen MR) is 83.4 cm³/mol. The summed E-state index contributed by atoms with van der Waals surface area (Å²) in [6.07, 6.45) is -4.39. The maximum atomic E-state index is 12.7. The lowest BCUT2D eigenvalue weighted by atomic mass is 10.1. The Kier molecular flexibility index (Phi) is 5.09. The molecule has 0 fully saturated rings. The quantitative estimate of drug-likeness (QED) is 0.816. The van der Waals surface area contributed by atoms with E-state index in [4.69, 9.17) is 0 Å². The number of benzene rings is 1. The molecule has 2 rings (SSSR count). The van der Waals surface area contributed by atoms with E-state index in [0.717, 1.165) is 17.1 Å². The minimum Gasteiger partial charge on any atom is -0.336 e. The summed E-state index contributed by atoms with van der Waals surface area (Å²) in [5.74, 6) is -0.0686. The van der Waals surface area contributed by atoms with Crippen molar-refractivity contribution in [1.82, 2.24) is 9.88 Å². The van der Waals surface area contributed by atoms with Crippen molar-refractivity contribution in [1.29, 1.82) is 0 Å². The fourth-order valence-corrected chi connectivity index (χ4v) is 2.85. The molecule has 0 bridgehead atoms. The summed E-state index contributed by atoms with van der Waals surface area (Å²) in [6, 6.07) is 4.99. The molecule has 0 aliphatic rings. The second-order valence-electron chi connectivity index (χ2n) is 5.59. The van der Waals surface area contributed by atoms with Crippen LogP contribution in [0.4, 0.5) is 13.2 Å². The van der Waals surface area contributed by atoms with E-state index in [2.05, 4.69) is 4.98 Å². The fraction of sp³-hybridized carbons (Fsp3) is 0.375.